The van der Waals surface area contributed by atoms with Gasteiger partial charge >= 0.3 is 5.97 Å². The van der Waals surface area contributed by atoms with E-state index in [0.29, 0.717) is 19.6 Å². The van der Waals surface area contributed by atoms with E-state index in [0.717, 1.165) is 31.8 Å². The molecule has 0 aromatic rings. The molecule has 1 unspecified atom stereocenters. The average Bonchev–Trinajstić information content (AvgIpc) is 2.69. The maximum atomic E-state index is 11.4. The summed E-state index contributed by atoms with van der Waals surface area (Å²) in [5.74, 6) is 0.0176. The van der Waals surface area contributed by atoms with Gasteiger partial charge in [0.05, 0.1) is 6.61 Å². The van der Waals surface area contributed by atoms with Crippen LogP contribution in [0.2, 0.25) is 0 Å². The van der Waals surface area contributed by atoms with Crippen LogP contribution in [-0.4, -0.2) is 47.8 Å². The van der Waals surface area contributed by atoms with Gasteiger partial charge in [0, 0.05) is 13.0 Å². The topological polar surface area (TPSA) is 49.8 Å². The van der Waals surface area contributed by atoms with Crippen molar-refractivity contribution in [1.29, 1.82) is 0 Å². The van der Waals surface area contributed by atoms with Crippen LogP contribution in [0.5, 0.6) is 0 Å². The van der Waals surface area contributed by atoms with Gasteiger partial charge in [-0.2, -0.15) is 0 Å². The number of ether oxygens (including phenoxy) is 1. The number of piperidine rings is 1. The van der Waals surface area contributed by atoms with Crippen molar-refractivity contribution in [2.45, 2.75) is 31.7 Å². The minimum Gasteiger partial charge on any atom is -0.480 e. The second kappa shape index (κ2) is 4.10. The van der Waals surface area contributed by atoms with E-state index in [-0.39, 0.29) is 0 Å². The molecular formula is C11H19NO3. The van der Waals surface area contributed by atoms with Crippen molar-refractivity contribution in [2.75, 3.05) is 26.3 Å². The first kappa shape index (κ1) is 10.9. The number of carbonyl (C=O) groups is 1. The number of carboxylic acids is 1. The molecule has 0 saturated carbocycles. The van der Waals surface area contributed by atoms with Crippen molar-refractivity contribution in [1.82, 2.24) is 4.90 Å². The lowest BCUT2D eigenvalue weighted by atomic mass is 9.90. The van der Waals surface area contributed by atoms with Crippen molar-refractivity contribution in [2.24, 2.45) is 5.92 Å². The molecule has 2 rings (SSSR count). The third-order valence-corrected chi connectivity index (χ3v) is 3.79. The second-order valence-electron chi connectivity index (χ2n) is 4.81. The van der Waals surface area contributed by atoms with E-state index in [9.17, 15) is 9.90 Å². The van der Waals surface area contributed by atoms with Crippen LogP contribution in [0.3, 0.4) is 0 Å². The van der Waals surface area contributed by atoms with Crippen LogP contribution in [0, 0.1) is 5.92 Å². The van der Waals surface area contributed by atoms with Crippen LogP contribution in [0.4, 0.5) is 0 Å². The second-order valence-corrected chi connectivity index (χ2v) is 4.81. The molecule has 1 N–H and O–H groups in total. The van der Waals surface area contributed by atoms with Gasteiger partial charge in [0.15, 0.2) is 0 Å². The summed E-state index contributed by atoms with van der Waals surface area (Å²) in [4.78, 5) is 13.5. The fraction of sp³-hybridized carbons (Fsp3) is 0.909. The Labute approximate surface area is 90.2 Å². The van der Waals surface area contributed by atoms with E-state index in [1.54, 1.807) is 0 Å². The molecule has 2 heterocycles. The van der Waals surface area contributed by atoms with E-state index in [2.05, 4.69) is 11.8 Å². The highest BCUT2D eigenvalue weighted by molar-refractivity contribution is 5.79. The molecule has 0 aliphatic carbocycles. The minimum absolute atomic E-state index is 0.358. The Kier molecular flexibility index (Phi) is 2.98. The number of hydrogen-bond acceptors (Lipinski definition) is 3. The van der Waals surface area contributed by atoms with Gasteiger partial charge in [0.1, 0.15) is 5.54 Å². The minimum atomic E-state index is -0.722. The number of nitrogens with zero attached hydrogens (tertiary/aromatic N) is 1. The molecule has 4 nitrogen and oxygen atoms in total. The number of likely N-dealkylation sites (tertiary alicyclic amines) is 1. The van der Waals surface area contributed by atoms with Gasteiger partial charge in [0.25, 0.3) is 0 Å². The third kappa shape index (κ3) is 1.88. The van der Waals surface area contributed by atoms with Crippen LogP contribution in [0.25, 0.3) is 0 Å². The van der Waals surface area contributed by atoms with Gasteiger partial charge in [-0.05, 0) is 31.8 Å². The molecule has 0 aromatic carbocycles. The van der Waals surface area contributed by atoms with Crippen LogP contribution in [0.15, 0.2) is 0 Å². The molecule has 15 heavy (non-hydrogen) atoms. The smallest absolute Gasteiger partial charge is 0.326 e. The monoisotopic (exact) mass is 213 g/mol. The van der Waals surface area contributed by atoms with Crippen molar-refractivity contribution < 1.29 is 14.6 Å². The van der Waals surface area contributed by atoms with Crippen LogP contribution >= 0.6 is 0 Å². The maximum absolute atomic E-state index is 11.4. The van der Waals surface area contributed by atoms with Crippen LogP contribution in [0.1, 0.15) is 26.2 Å². The van der Waals surface area contributed by atoms with Crippen molar-refractivity contribution in [3.63, 3.8) is 0 Å². The van der Waals surface area contributed by atoms with Gasteiger partial charge in [-0.3, -0.25) is 9.69 Å². The number of carboxylic acid groups (broad SMARTS) is 1. The van der Waals surface area contributed by atoms with Crippen LogP contribution < -0.4 is 0 Å². The summed E-state index contributed by atoms with van der Waals surface area (Å²) in [5, 5.41) is 9.36. The van der Waals surface area contributed by atoms with E-state index in [1.807, 2.05) is 0 Å². The predicted octanol–water partition coefficient (Wildman–Crippen LogP) is 0.962. The fourth-order valence-electron chi connectivity index (χ4n) is 2.54. The Morgan fingerprint density at radius 2 is 2.13 bits per heavy atom. The number of hydrogen-bond donors (Lipinski definition) is 1. The van der Waals surface area contributed by atoms with Crippen LogP contribution in [-0.2, 0) is 9.53 Å². The molecule has 0 spiro atoms. The molecule has 2 aliphatic rings. The summed E-state index contributed by atoms with van der Waals surface area (Å²) < 4.78 is 5.28. The molecule has 1 atom stereocenters. The maximum Gasteiger partial charge on any atom is 0.326 e. The molecule has 0 amide bonds. The Balaban J connectivity index is 2.08. The molecule has 0 radical (unpaired) electrons. The Morgan fingerprint density at radius 3 is 2.60 bits per heavy atom. The van der Waals surface area contributed by atoms with E-state index >= 15 is 0 Å². The van der Waals surface area contributed by atoms with Gasteiger partial charge < -0.3 is 9.84 Å². The summed E-state index contributed by atoms with van der Waals surface area (Å²) in [5.41, 5.74) is -0.722. The van der Waals surface area contributed by atoms with Crippen molar-refractivity contribution >= 4 is 5.97 Å². The molecule has 0 aromatic heterocycles. The highest BCUT2D eigenvalue weighted by Gasteiger charge is 2.48. The first-order valence-electron chi connectivity index (χ1n) is 5.71. The standard InChI is InChI=1S/C11H19NO3/c1-9-2-5-12(6-3-9)11(10(13)14)4-7-15-8-11/h9H,2-8H2,1H3,(H,13,14). The Hall–Kier alpha value is -0.610. The molecule has 2 aliphatic heterocycles. The zero-order chi connectivity index (χ0) is 10.9. The van der Waals surface area contributed by atoms with E-state index in [4.69, 9.17) is 4.74 Å². The SMILES string of the molecule is CC1CCN(C2(C(=O)O)CCOC2)CC1. The largest absolute Gasteiger partial charge is 0.480 e. The molecule has 2 fully saturated rings. The molecule has 0 bridgehead atoms. The van der Waals surface area contributed by atoms with E-state index in [1.165, 1.54) is 0 Å². The third-order valence-electron chi connectivity index (χ3n) is 3.79. The molecule has 86 valence electrons. The first-order valence-corrected chi connectivity index (χ1v) is 5.71. The molecule has 2 saturated heterocycles. The summed E-state index contributed by atoms with van der Waals surface area (Å²) in [6, 6.07) is 0. The van der Waals surface area contributed by atoms with Gasteiger partial charge in [-0.15, -0.1) is 0 Å². The highest BCUT2D eigenvalue weighted by atomic mass is 16.5. The van der Waals surface area contributed by atoms with Gasteiger partial charge in [-0.1, -0.05) is 6.92 Å². The summed E-state index contributed by atoms with van der Waals surface area (Å²) in [7, 11) is 0. The summed E-state index contributed by atoms with van der Waals surface area (Å²) in [6.45, 7) is 4.97. The highest BCUT2D eigenvalue weighted by Crippen LogP contribution is 2.30. The van der Waals surface area contributed by atoms with E-state index < -0.39 is 11.5 Å². The van der Waals surface area contributed by atoms with Crippen molar-refractivity contribution in [3.05, 3.63) is 0 Å². The summed E-state index contributed by atoms with van der Waals surface area (Å²) in [6.07, 6.45) is 2.85. The normalized spacial score (nSPS) is 34.5. The lowest BCUT2D eigenvalue weighted by Crippen LogP contribution is -2.57. The first-order chi connectivity index (χ1) is 7.15. The zero-order valence-electron chi connectivity index (χ0n) is 9.24. The zero-order valence-corrected chi connectivity index (χ0v) is 9.24. The fourth-order valence-corrected chi connectivity index (χ4v) is 2.54. The molecule has 4 heteroatoms. The van der Waals surface area contributed by atoms with Gasteiger partial charge in [0.2, 0.25) is 0 Å². The quantitative estimate of drug-likeness (QED) is 0.742. The Morgan fingerprint density at radius 1 is 1.47 bits per heavy atom. The van der Waals surface area contributed by atoms with Gasteiger partial charge in [-0.25, -0.2) is 0 Å². The predicted molar refractivity (Wildman–Crippen MR) is 55.8 cm³/mol. The molecular weight excluding hydrogens is 194 g/mol. The number of aliphatic carboxylic acids is 1. The van der Waals surface area contributed by atoms with Crippen molar-refractivity contribution in [3.8, 4) is 0 Å². The Bertz CT molecular complexity index is 240. The number of rotatable bonds is 2. The summed E-state index contributed by atoms with van der Waals surface area (Å²) >= 11 is 0. The lowest BCUT2D eigenvalue weighted by molar-refractivity contribution is -0.152. The average molecular weight is 213 g/mol. The lowest BCUT2D eigenvalue weighted by Gasteiger charge is -2.40.